The highest BCUT2D eigenvalue weighted by Gasteiger charge is 2.06. The molecule has 1 aromatic heterocycles. The average Bonchev–Trinajstić information content (AvgIpc) is 3.06. The number of rotatable bonds is 9. The summed E-state index contributed by atoms with van der Waals surface area (Å²) in [5, 5.41) is 4.90. The molecule has 0 saturated carbocycles. The Morgan fingerprint density at radius 1 is 1.32 bits per heavy atom. The topological polar surface area (TPSA) is 51.2 Å². The Morgan fingerprint density at radius 2 is 2.23 bits per heavy atom. The number of carbonyl (C=O) groups is 1. The van der Waals surface area contributed by atoms with E-state index >= 15 is 0 Å². The molecule has 2 aromatic rings. The number of benzene rings is 1. The summed E-state index contributed by atoms with van der Waals surface area (Å²) in [5.74, 6) is 0.641. The number of nitrogens with zero attached hydrogens (tertiary/aromatic N) is 1. The summed E-state index contributed by atoms with van der Waals surface area (Å²) in [6.45, 7) is 3.32. The number of aromatic nitrogens is 1. The van der Waals surface area contributed by atoms with Gasteiger partial charge in [-0.1, -0.05) is 32.3 Å². The molecule has 2 rings (SSSR count). The molecule has 0 radical (unpaired) electrons. The van der Waals surface area contributed by atoms with Gasteiger partial charge in [-0.15, -0.1) is 11.3 Å². The van der Waals surface area contributed by atoms with Crippen molar-refractivity contribution in [3.63, 3.8) is 0 Å². The average molecular weight is 318 g/mol. The van der Waals surface area contributed by atoms with E-state index in [1.54, 1.807) is 29.0 Å². The largest absolute Gasteiger partial charge is 0.487 e. The summed E-state index contributed by atoms with van der Waals surface area (Å²) in [6.07, 6.45) is 4.61. The van der Waals surface area contributed by atoms with Crippen LogP contribution < -0.4 is 10.1 Å². The second-order valence-corrected chi connectivity index (χ2v) is 5.83. The monoisotopic (exact) mass is 318 g/mol. The fourth-order valence-corrected chi connectivity index (χ4v) is 2.59. The molecule has 1 heterocycles. The van der Waals surface area contributed by atoms with Gasteiger partial charge in [0.05, 0.1) is 11.2 Å². The van der Waals surface area contributed by atoms with E-state index in [2.05, 4.69) is 17.2 Å². The maximum Gasteiger partial charge on any atom is 0.251 e. The zero-order valence-electron chi connectivity index (χ0n) is 12.9. The third-order valence-electron chi connectivity index (χ3n) is 3.28. The number of thiazole rings is 1. The minimum Gasteiger partial charge on any atom is -0.487 e. The van der Waals surface area contributed by atoms with Crippen LogP contribution in [0.1, 0.15) is 48.7 Å². The molecule has 1 N–H and O–H groups in total. The first-order valence-electron chi connectivity index (χ1n) is 7.67. The lowest BCUT2D eigenvalue weighted by molar-refractivity contribution is 0.0952. The molecule has 0 spiro atoms. The highest BCUT2D eigenvalue weighted by molar-refractivity contribution is 7.07. The summed E-state index contributed by atoms with van der Waals surface area (Å²) in [7, 11) is 0. The summed E-state index contributed by atoms with van der Waals surface area (Å²) < 4.78 is 5.66. The minimum atomic E-state index is -0.0457. The van der Waals surface area contributed by atoms with Crippen LogP contribution in [0.3, 0.4) is 0 Å². The highest BCUT2D eigenvalue weighted by Crippen LogP contribution is 2.15. The Hall–Kier alpha value is -1.88. The van der Waals surface area contributed by atoms with Gasteiger partial charge in [0.2, 0.25) is 0 Å². The number of hydrogen-bond acceptors (Lipinski definition) is 4. The van der Waals surface area contributed by atoms with Crippen LogP contribution in [0, 0.1) is 0 Å². The van der Waals surface area contributed by atoms with Crippen molar-refractivity contribution in [2.24, 2.45) is 0 Å². The zero-order valence-corrected chi connectivity index (χ0v) is 13.7. The van der Waals surface area contributed by atoms with Crippen LogP contribution in [0.15, 0.2) is 35.2 Å². The van der Waals surface area contributed by atoms with E-state index in [1.165, 1.54) is 12.8 Å². The van der Waals surface area contributed by atoms with Gasteiger partial charge in [-0.05, 0) is 24.6 Å². The molecule has 22 heavy (non-hydrogen) atoms. The first-order chi connectivity index (χ1) is 10.8. The summed E-state index contributed by atoms with van der Waals surface area (Å²) in [5.41, 5.74) is 3.31. The Labute approximate surface area is 135 Å². The first-order valence-corrected chi connectivity index (χ1v) is 8.62. The van der Waals surface area contributed by atoms with Crippen LogP contribution in [0.4, 0.5) is 0 Å². The van der Waals surface area contributed by atoms with Gasteiger partial charge in [-0.2, -0.15) is 0 Å². The Morgan fingerprint density at radius 3 is 3.00 bits per heavy atom. The fourth-order valence-electron chi connectivity index (χ4n) is 2.05. The van der Waals surface area contributed by atoms with Gasteiger partial charge in [0, 0.05) is 17.5 Å². The van der Waals surface area contributed by atoms with Crippen LogP contribution in [0.2, 0.25) is 0 Å². The molecule has 0 bridgehead atoms. The molecule has 118 valence electrons. The molecule has 0 unspecified atom stereocenters. The number of amides is 1. The predicted molar refractivity (Wildman–Crippen MR) is 89.4 cm³/mol. The van der Waals surface area contributed by atoms with Crippen LogP contribution in [-0.2, 0) is 6.61 Å². The Bertz CT molecular complexity index is 570. The standard InChI is InChI=1S/C17H22N2O2S/c1-2-3-4-5-9-18-17(20)14-7-6-8-16(10-14)21-11-15-12-22-13-19-15/h6-8,10,12-13H,2-5,9,11H2,1H3,(H,18,20). The molecule has 5 heteroatoms. The van der Waals surface area contributed by atoms with Gasteiger partial charge in [0.25, 0.3) is 5.91 Å². The van der Waals surface area contributed by atoms with Gasteiger partial charge >= 0.3 is 0 Å². The second-order valence-electron chi connectivity index (χ2n) is 5.11. The van der Waals surface area contributed by atoms with E-state index in [1.807, 2.05) is 17.5 Å². The van der Waals surface area contributed by atoms with E-state index in [-0.39, 0.29) is 5.91 Å². The van der Waals surface area contributed by atoms with Crippen molar-refractivity contribution in [1.29, 1.82) is 0 Å². The quantitative estimate of drug-likeness (QED) is 0.710. The van der Waals surface area contributed by atoms with Crippen molar-refractivity contribution < 1.29 is 9.53 Å². The van der Waals surface area contributed by atoms with Gasteiger partial charge < -0.3 is 10.1 Å². The van der Waals surface area contributed by atoms with E-state index in [4.69, 9.17) is 4.74 Å². The van der Waals surface area contributed by atoms with Crippen molar-refractivity contribution in [2.75, 3.05) is 6.54 Å². The molecule has 1 amide bonds. The van der Waals surface area contributed by atoms with E-state index < -0.39 is 0 Å². The molecule has 4 nitrogen and oxygen atoms in total. The predicted octanol–water partition coefficient (Wildman–Crippen LogP) is 4.03. The lowest BCUT2D eigenvalue weighted by Crippen LogP contribution is -2.24. The number of ether oxygens (including phenoxy) is 1. The Balaban J connectivity index is 1.80. The number of carbonyl (C=O) groups excluding carboxylic acids is 1. The summed E-state index contributed by atoms with van der Waals surface area (Å²) >= 11 is 1.54. The molecule has 1 aromatic carbocycles. The number of unbranched alkanes of at least 4 members (excludes halogenated alkanes) is 3. The molecule has 0 aliphatic heterocycles. The summed E-state index contributed by atoms with van der Waals surface area (Å²) in [6, 6.07) is 7.26. The van der Waals surface area contributed by atoms with Crippen LogP contribution in [0.5, 0.6) is 5.75 Å². The molecular formula is C17H22N2O2S. The smallest absolute Gasteiger partial charge is 0.251 e. The number of hydrogen-bond donors (Lipinski definition) is 1. The third kappa shape index (κ3) is 5.48. The van der Waals surface area contributed by atoms with Crippen molar-refractivity contribution in [2.45, 2.75) is 39.2 Å². The molecule has 0 fully saturated rings. The van der Waals surface area contributed by atoms with Crippen molar-refractivity contribution in [3.05, 3.63) is 46.4 Å². The molecule has 0 saturated heterocycles. The van der Waals surface area contributed by atoms with Crippen molar-refractivity contribution in [1.82, 2.24) is 10.3 Å². The van der Waals surface area contributed by atoms with Gasteiger partial charge in [-0.3, -0.25) is 4.79 Å². The van der Waals surface area contributed by atoms with Crippen molar-refractivity contribution in [3.8, 4) is 5.75 Å². The molecule has 0 aliphatic rings. The number of nitrogens with one attached hydrogen (secondary N) is 1. The van der Waals surface area contributed by atoms with Gasteiger partial charge in [-0.25, -0.2) is 4.98 Å². The fraction of sp³-hybridized carbons (Fsp3) is 0.412. The zero-order chi connectivity index (χ0) is 15.6. The summed E-state index contributed by atoms with van der Waals surface area (Å²) in [4.78, 5) is 16.3. The van der Waals surface area contributed by atoms with E-state index in [9.17, 15) is 4.79 Å². The maximum atomic E-state index is 12.1. The van der Waals surface area contributed by atoms with Crippen LogP contribution >= 0.6 is 11.3 Å². The first kappa shape index (κ1) is 16.5. The highest BCUT2D eigenvalue weighted by atomic mass is 32.1. The normalized spacial score (nSPS) is 10.4. The van der Waals surface area contributed by atoms with E-state index in [0.29, 0.717) is 17.9 Å². The van der Waals surface area contributed by atoms with Gasteiger partial charge in [0.1, 0.15) is 12.4 Å². The molecule has 0 aliphatic carbocycles. The van der Waals surface area contributed by atoms with E-state index in [0.717, 1.165) is 25.1 Å². The van der Waals surface area contributed by atoms with Crippen molar-refractivity contribution >= 4 is 17.2 Å². The van der Waals surface area contributed by atoms with Crippen LogP contribution in [0.25, 0.3) is 0 Å². The Kier molecular flexibility index (Phi) is 6.90. The maximum absolute atomic E-state index is 12.1. The minimum absolute atomic E-state index is 0.0457. The molecule has 0 atom stereocenters. The molecular weight excluding hydrogens is 296 g/mol. The SMILES string of the molecule is CCCCCCNC(=O)c1cccc(OCc2cscn2)c1. The third-order valence-corrected chi connectivity index (χ3v) is 3.92. The second kappa shape index (κ2) is 9.20. The lowest BCUT2D eigenvalue weighted by Gasteiger charge is -2.08. The van der Waals surface area contributed by atoms with Gasteiger partial charge in [0.15, 0.2) is 0 Å². The van der Waals surface area contributed by atoms with Crippen LogP contribution in [-0.4, -0.2) is 17.4 Å². The lowest BCUT2D eigenvalue weighted by atomic mass is 10.2.